The monoisotopic (exact) mass is 296 g/mol. The second-order valence-electron chi connectivity index (χ2n) is 4.06. The molecule has 0 unspecified atom stereocenters. The molecular formula is C12H13ClN4O3. The number of benzene rings is 1. The number of carbonyl (C=O) groups is 1. The van der Waals surface area contributed by atoms with Gasteiger partial charge in [-0.15, -0.1) is 5.10 Å². The molecule has 0 fully saturated rings. The molecule has 0 aliphatic rings. The number of halogens is 1. The summed E-state index contributed by atoms with van der Waals surface area (Å²) >= 11 is 5.78. The first-order chi connectivity index (χ1) is 9.65. The smallest absolute Gasteiger partial charge is 0.303 e. The van der Waals surface area contributed by atoms with Crippen molar-refractivity contribution < 1.29 is 14.6 Å². The predicted molar refractivity (Wildman–Crippen MR) is 70.5 cm³/mol. The molecule has 0 amide bonds. The third kappa shape index (κ3) is 4.20. The standard InChI is InChI=1S/C12H13ClN4O3/c13-9-3-5-10(6-4-9)20-8-11-14-15-16-17(11)7-1-2-12(18)19/h3-6H,1-2,7-8H2,(H,18,19). The average Bonchev–Trinajstić information content (AvgIpc) is 2.85. The molecule has 1 N–H and O–H groups in total. The largest absolute Gasteiger partial charge is 0.486 e. The summed E-state index contributed by atoms with van der Waals surface area (Å²) in [6, 6.07) is 6.96. The Labute approximate surface area is 120 Å². The molecule has 1 heterocycles. The summed E-state index contributed by atoms with van der Waals surface area (Å²) in [5.41, 5.74) is 0. The summed E-state index contributed by atoms with van der Waals surface area (Å²) in [7, 11) is 0. The number of aliphatic carboxylic acids is 1. The van der Waals surface area contributed by atoms with Crippen LogP contribution in [0.1, 0.15) is 18.7 Å². The Balaban J connectivity index is 1.88. The Bertz CT molecular complexity index is 570. The minimum absolute atomic E-state index is 0.0807. The van der Waals surface area contributed by atoms with E-state index in [9.17, 15) is 4.79 Å². The van der Waals surface area contributed by atoms with Gasteiger partial charge in [0.25, 0.3) is 0 Å². The van der Waals surface area contributed by atoms with Gasteiger partial charge in [-0.05, 0) is 41.1 Å². The van der Waals surface area contributed by atoms with Crippen molar-refractivity contribution in [2.75, 3.05) is 0 Å². The van der Waals surface area contributed by atoms with E-state index in [1.165, 1.54) is 0 Å². The van der Waals surface area contributed by atoms with Gasteiger partial charge in [-0.25, -0.2) is 4.68 Å². The van der Waals surface area contributed by atoms with E-state index in [1.807, 2.05) is 0 Å². The minimum Gasteiger partial charge on any atom is -0.486 e. The van der Waals surface area contributed by atoms with Crippen LogP contribution in [0.4, 0.5) is 0 Å². The van der Waals surface area contributed by atoms with E-state index in [0.29, 0.717) is 29.6 Å². The summed E-state index contributed by atoms with van der Waals surface area (Å²) in [5, 5.41) is 20.4. The van der Waals surface area contributed by atoms with Crippen molar-refractivity contribution in [2.24, 2.45) is 0 Å². The molecule has 8 heteroatoms. The first-order valence-electron chi connectivity index (χ1n) is 6.00. The number of ether oxygens (including phenoxy) is 1. The van der Waals surface area contributed by atoms with E-state index < -0.39 is 5.97 Å². The van der Waals surface area contributed by atoms with Crippen LogP contribution < -0.4 is 4.74 Å². The van der Waals surface area contributed by atoms with Crippen LogP contribution in [-0.4, -0.2) is 31.3 Å². The second kappa shape index (κ2) is 6.85. The van der Waals surface area contributed by atoms with E-state index in [-0.39, 0.29) is 13.0 Å². The summed E-state index contributed by atoms with van der Waals surface area (Å²) in [6.45, 7) is 0.653. The SMILES string of the molecule is O=C(O)CCCn1nnnc1COc1ccc(Cl)cc1. The summed E-state index contributed by atoms with van der Waals surface area (Å²) in [5.74, 6) is 0.372. The Kier molecular flexibility index (Phi) is 4.89. The van der Waals surface area contributed by atoms with Crippen molar-refractivity contribution in [3.8, 4) is 5.75 Å². The zero-order valence-corrected chi connectivity index (χ0v) is 11.3. The van der Waals surface area contributed by atoms with Gasteiger partial charge in [0.05, 0.1) is 0 Å². The minimum atomic E-state index is -0.836. The third-order valence-corrected chi connectivity index (χ3v) is 2.80. The summed E-state index contributed by atoms with van der Waals surface area (Å²) in [6.07, 6.45) is 0.547. The number of tetrazole rings is 1. The maximum absolute atomic E-state index is 10.5. The van der Waals surface area contributed by atoms with Gasteiger partial charge in [0.15, 0.2) is 5.82 Å². The molecule has 1 aromatic heterocycles. The zero-order chi connectivity index (χ0) is 14.4. The molecule has 0 saturated carbocycles. The fourth-order valence-corrected chi connectivity index (χ4v) is 1.69. The number of aryl methyl sites for hydroxylation is 1. The van der Waals surface area contributed by atoms with Crippen LogP contribution in [0.2, 0.25) is 5.02 Å². The quantitative estimate of drug-likeness (QED) is 0.837. The van der Waals surface area contributed by atoms with Crippen LogP contribution in [0.3, 0.4) is 0 Å². The molecule has 0 atom stereocenters. The van der Waals surface area contributed by atoms with Crippen LogP contribution in [0.25, 0.3) is 0 Å². The maximum atomic E-state index is 10.5. The van der Waals surface area contributed by atoms with Gasteiger partial charge in [-0.3, -0.25) is 4.79 Å². The molecule has 7 nitrogen and oxygen atoms in total. The molecule has 20 heavy (non-hydrogen) atoms. The lowest BCUT2D eigenvalue weighted by molar-refractivity contribution is -0.137. The van der Waals surface area contributed by atoms with E-state index >= 15 is 0 Å². The molecule has 106 valence electrons. The van der Waals surface area contributed by atoms with E-state index in [2.05, 4.69) is 15.5 Å². The maximum Gasteiger partial charge on any atom is 0.303 e. The highest BCUT2D eigenvalue weighted by atomic mass is 35.5. The molecular weight excluding hydrogens is 284 g/mol. The first kappa shape index (κ1) is 14.3. The van der Waals surface area contributed by atoms with Gasteiger partial charge in [0.1, 0.15) is 12.4 Å². The molecule has 0 aliphatic heterocycles. The number of aromatic nitrogens is 4. The van der Waals surface area contributed by atoms with Crippen LogP contribution >= 0.6 is 11.6 Å². The van der Waals surface area contributed by atoms with Crippen molar-refractivity contribution in [3.05, 3.63) is 35.1 Å². The molecule has 1 aromatic carbocycles. The molecule has 0 bridgehead atoms. The van der Waals surface area contributed by atoms with Crippen molar-refractivity contribution >= 4 is 17.6 Å². The van der Waals surface area contributed by atoms with Crippen molar-refractivity contribution in [2.45, 2.75) is 26.0 Å². The molecule has 0 aliphatic carbocycles. The lowest BCUT2D eigenvalue weighted by Gasteiger charge is -2.06. The second-order valence-corrected chi connectivity index (χ2v) is 4.49. The predicted octanol–water partition coefficient (Wildman–Crippen LogP) is 1.77. The number of hydrogen-bond donors (Lipinski definition) is 1. The number of carboxylic acid groups (broad SMARTS) is 1. The topological polar surface area (TPSA) is 90.1 Å². The zero-order valence-electron chi connectivity index (χ0n) is 10.6. The van der Waals surface area contributed by atoms with Crippen LogP contribution in [0.5, 0.6) is 5.75 Å². The Morgan fingerprint density at radius 3 is 2.80 bits per heavy atom. The molecule has 0 radical (unpaired) electrons. The van der Waals surface area contributed by atoms with Crippen LogP contribution in [0, 0.1) is 0 Å². The highest BCUT2D eigenvalue weighted by Gasteiger charge is 2.07. The van der Waals surface area contributed by atoms with Crippen LogP contribution in [0.15, 0.2) is 24.3 Å². The number of carboxylic acids is 1. The summed E-state index contributed by atoms with van der Waals surface area (Å²) in [4.78, 5) is 10.5. The lowest BCUT2D eigenvalue weighted by atomic mass is 10.3. The van der Waals surface area contributed by atoms with Crippen molar-refractivity contribution in [1.29, 1.82) is 0 Å². The normalized spacial score (nSPS) is 10.4. The van der Waals surface area contributed by atoms with Gasteiger partial charge < -0.3 is 9.84 Å². The molecule has 0 saturated heterocycles. The fourth-order valence-electron chi connectivity index (χ4n) is 1.56. The Morgan fingerprint density at radius 1 is 1.35 bits per heavy atom. The first-order valence-corrected chi connectivity index (χ1v) is 6.38. The van der Waals surface area contributed by atoms with Crippen LogP contribution in [-0.2, 0) is 17.9 Å². The van der Waals surface area contributed by atoms with Crippen molar-refractivity contribution in [1.82, 2.24) is 20.2 Å². The molecule has 2 aromatic rings. The van der Waals surface area contributed by atoms with Gasteiger partial charge >= 0.3 is 5.97 Å². The third-order valence-electron chi connectivity index (χ3n) is 2.55. The molecule has 2 rings (SSSR count). The highest BCUT2D eigenvalue weighted by molar-refractivity contribution is 6.30. The number of nitrogens with zero attached hydrogens (tertiary/aromatic N) is 4. The molecule has 0 spiro atoms. The van der Waals surface area contributed by atoms with E-state index in [4.69, 9.17) is 21.4 Å². The van der Waals surface area contributed by atoms with Gasteiger partial charge in [-0.1, -0.05) is 11.6 Å². The Hall–Kier alpha value is -2.15. The highest BCUT2D eigenvalue weighted by Crippen LogP contribution is 2.16. The van der Waals surface area contributed by atoms with Gasteiger partial charge in [-0.2, -0.15) is 0 Å². The Morgan fingerprint density at radius 2 is 2.10 bits per heavy atom. The van der Waals surface area contributed by atoms with E-state index in [1.54, 1.807) is 28.9 Å². The average molecular weight is 297 g/mol. The van der Waals surface area contributed by atoms with Crippen molar-refractivity contribution in [3.63, 3.8) is 0 Å². The van der Waals surface area contributed by atoms with Gasteiger partial charge in [0, 0.05) is 18.0 Å². The van der Waals surface area contributed by atoms with E-state index in [0.717, 1.165) is 0 Å². The fraction of sp³-hybridized carbons (Fsp3) is 0.333. The number of hydrogen-bond acceptors (Lipinski definition) is 5. The summed E-state index contributed by atoms with van der Waals surface area (Å²) < 4.78 is 7.08. The van der Waals surface area contributed by atoms with Gasteiger partial charge in [0.2, 0.25) is 0 Å². The number of rotatable bonds is 7. The lowest BCUT2D eigenvalue weighted by Crippen LogP contribution is -2.10.